The summed E-state index contributed by atoms with van der Waals surface area (Å²) in [5.41, 5.74) is 0.468. The highest BCUT2D eigenvalue weighted by molar-refractivity contribution is 7.17. The predicted octanol–water partition coefficient (Wildman–Crippen LogP) is 1.68. The van der Waals surface area contributed by atoms with Crippen molar-refractivity contribution < 1.29 is 9.53 Å². The van der Waals surface area contributed by atoms with E-state index in [2.05, 4.69) is 9.97 Å². The third kappa shape index (κ3) is 2.03. The Morgan fingerprint density at radius 1 is 1.67 bits per heavy atom. The van der Waals surface area contributed by atoms with Gasteiger partial charge in [-0.3, -0.25) is 9.59 Å². The number of hydrogen-bond donors (Lipinski definition) is 1. The van der Waals surface area contributed by atoms with E-state index >= 15 is 0 Å². The van der Waals surface area contributed by atoms with Crippen LogP contribution < -0.4 is 5.56 Å². The minimum absolute atomic E-state index is 0.0293. The van der Waals surface area contributed by atoms with Gasteiger partial charge in [0.25, 0.3) is 5.56 Å². The van der Waals surface area contributed by atoms with Crippen LogP contribution in [0.1, 0.15) is 19.2 Å². The number of thiophene rings is 1. The van der Waals surface area contributed by atoms with Crippen molar-refractivity contribution in [1.82, 2.24) is 9.97 Å². The van der Waals surface area contributed by atoms with E-state index in [9.17, 15) is 9.59 Å². The van der Waals surface area contributed by atoms with Crippen LogP contribution in [0.4, 0.5) is 0 Å². The lowest BCUT2D eigenvalue weighted by Crippen LogP contribution is -2.14. The van der Waals surface area contributed by atoms with Gasteiger partial charge in [0, 0.05) is 0 Å². The number of ether oxygens (including phenoxy) is 1. The smallest absolute Gasteiger partial charge is 0.309 e. The molecular weight excluding hydrogens is 252 g/mol. The number of carbonyl (C=O) groups is 1. The fourth-order valence-corrected chi connectivity index (χ4v) is 2.61. The predicted molar refractivity (Wildman–Crippen MR) is 67.3 cm³/mol. The van der Waals surface area contributed by atoms with E-state index < -0.39 is 0 Å². The Bertz CT molecular complexity index is 661. The number of aromatic nitrogens is 2. The minimum atomic E-state index is -0.199. The molecule has 1 saturated carbocycles. The maximum absolute atomic E-state index is 11.7. The van der Waals surface area contributed by atoms with Crippen molar-refractivity contribution in [2.75, 3.05) is 0 Å². The van der Waals surface area contributed by atoms with E-state index in [1.165, 1.54) is 11.3 Å². The van der Waals surface area contributed by atoms with Gasteiger partial charge in [0.05, 0.1) is 11.4 Å². The number of esters is 1. The molecule has 0 aliphatic heterocycles. The maximum atomic E-state index is 11.7. The van der Waals surface area contributed by atoms with Gasteiger partial charge in [-0.2, -0.15) is 0 Å². The molecule has 2 aromatic heterocycles. The normalized spacial score (nSPS) is 22.1. The zero-order valence-corrected chi connectivity index (χ0v) is 10.6. The molecule has 1 aliphatic rings. The summed E-state index contributed by atoms with van der Waals surface area (Å²) in [6.07, 6.45) is 0.895. The van der Waals surface area contributed by atoms with Crippen LogP contribution in [0.15, 0.2) is 16.2 Å². The Morgan fingerprint density at radius 3 is 3.17 bits per heavy atom. The van der Waals surface area contributed by atoms with Crippen molar-refractivity contribution in [2.45, 2.75) is 20.0 Å². The van der Waals surface area contributed by atoms with E-state index in [-0.39, 0.29) is 24.1 Å². The molecule has 18 heavy (non-hydrogen) atoms. The standard InChI is InChI=1S/C12H12N2O3S/c1-6-4-7(6)12(16)17-5-9-13-8-2-3-18-10(8)11(15)14-9/h2-3,6-7H,4-5H2,1H3,(H,13,14,15)/t6-,7+/m0/s1. The third-order valence-electron chi connectivity index (χ3n) is 3.13. The SMILES string of the molecule is C[C@H]1C[C@H]1C(=O)OCc1nc2ccsc2c(=O)[nH]1. The molecule has 1 fully saturated rings. The van der Waals surface area contributed by atoms with E-state index in [0.29, 0.717) is 22.0 Å². The summed E-state index contributed by atoms with van der Waals surface area (Å²) in [5, 5.41) is 1.81. The highest BCUT2D eigenvalue weighted by atomic mass is 32.1. The average molecular weight is 264 g/mol. The molecule has 0 saturated heterocycles. The second-order valence-electron chi connectivity index (χ2n) is 4.57. The number of H-pyrrole nitrogens is 1. The van der Waals surface area contributed by atoms with Crippen molar-refractivity contribution in [3.63, 3.8) is 0 Å². The molecular formula is C12H12N2O3S. The van der Waals surface area contributed by atoms with Crippen LogP contribution in [-0.2, 0) is 16.1 Å². The monoisotopic (exact) mass is 264 g/mol. The van der Waals surface area contributed by atoms with Crippen molar-refractivity contribution >= 4 is 27.5 Å². The first-order valence-electron chi connectivity index (χ1n) is 5.78. The molecule has 0 bridgehead atoms. The molecule has 6 heteroatoms. The van der Waals surface area contributed by atoms with Crippen LogP contribution in [0.5, 0.6) is 0 Å². The number of rotatable bonds is 3. The molecule has 5 nitrogen and oxygen atoms in total. The minimum Gasteiger partial charge on any atom is -0.457 e. The van der Waals surface area contributed by atoms with E-state index in [4.69, 9.17) is 4.74 Å². The van der Waals surface area contributed by atoms with E-state index in [0.717, 1.165) is 6.42 Å². The highest BCUT2D eigenvalue weighted by Gasteiger charge is 2.40. The number of nitrogens with one attached hydrogen (secondary N) is 1. The van der Waals surface area contributed by atoms with Gasteiger partial charge in [0.1, 0.15) is 17.1 Å². The molecule has 1 N–H and O–H groups in total. The van der Waals surface area contributed by atoms with Crippen LogP contribution in [0.2, 0.25) is 0 Å². The molecule has 2 aromatic rings. The molecule has 2 atom stereocenters. The molecule has 2 heterocycles. The lowest BCUT2D eigenvalue weighted by atomic mass is 10.3. The summed E-state index contributed by atoms with van der Waals surface area (Å²) >= 11 is 1.35. The molecule has 0 amide bonds. The number of aromatic amines is 1. The van der Waals surface area contributed by atoms with E-state index in [1.54, 1.807) is 6.07 Å². The Kier molecular flexibility index (Phi) is 2.66. The summed E-state index contributed by atoms with van der Waals surface area (Å²) in [6, 6.07) is 1.78. The van der Waals surface area contributed by atoms with Gasteiger partial charge in [-0.1, -0.05) is 6.92 Å². The summed E-state index contributed by atoms with van der Waals surface area (Å²) in [4.78, 5) is 30.1. The Hall–Kier alpha value is -1.69. The van der Waals surface area contributed by atoms with Crippen molar-refractivity contribution in [1.29, 1.82) is 0 Å². The lowest BCUT2D eigenvalue weighted by molar-refractivity contribution is -0.147. The molecule has 0 unspecified atom stereocenters. The first kappa shape index (κ1) is 11.4. The quantitative estimate of drug-likeness (QED) is 0.856. The number of carbonyl (C=O) groups excluding carboxylic acids is 1. The van der Waals surface area contributed by atoms with Crippen LogP contribution in [0, 0.1) is 11.8 Å². The van der Waals surface area contributed by atoms with Gasteiger partial charge in [-0.05, 0) is 23.8 Å². The summed E-state index contributed by atoms with van der Waals surface area (Å²) in [6.45, 7) is 2.05. The van der Waals surface area contributed by atoms with E-state index in [1.807, 2.05) is 12.3 Å². The summed E-state index contributed by atoms with van der Waals surface area (Å²) in [7, 11) is 0. The Labute approximate surface area is 107 Å². The number of nitrogens with zero attached hydrogens (tertiary/aromatic N) is 1. The van der Waals surface area contributed by atoms with Gasteiger partial charge < -0.3 is 9.72 Å². The molecule has 3 rings (SSSR count). The summed E-state index contributed by atoms with van der Waals surface area (Å²) < 4.78 is 5.73. The fraction of sp³-hybridized carbons (Fsp3) is 0.417. The van der Waals surface area contributed by atoms with Gasteiger partial charge in [0.2, 0.25) is 0 Å². The third-order valence-corrected chi connectivity index (χ3v) is 4.03. The zero-order chi connectivity index (χ0) is 12.7. The molecule has 0 aromatic carbocycles. The van der Waals surface area contributed by atoms with Crippen LogP contribution in [0.3, 0.4) is 0 Å². The van der Waals surface area contributed by atoms with Gasteiger partial charge in [-0.15, -0.1) is 11.3 Å². The maximum Gasteiger partial charge on any atom is 0.309 e. The molecule has 0 radical (unpaired) electrons. The first-order chi connectivity index (χ1) is 8.65. The molecule has 0 spiro atoms. The number of hydrogen-bond acceptors (Lipinski definition) is 5. The van der Waals surface area contributed by atoms with Gasteiger partial charge >= 0.3 is 5.97 Å². The van der Waals surface area contributed by atoms with Crippen molar-refractivity contribution in [2.24, 2.45) is 11.8 Å². The second kappa shape index (κ2) is 4.20. The van der Waals surface area contributed by atoms with Gasteiger partial charge in [0.15, 0.2) is 0 Å². The summed E-state index contributed by atoms with van der Waals surface area (Å²) in [5.74, 6) is 0.647. The molecule has 94 valence electrons. The topological polar surface area (TPSA) is 72.0 Å². The van der Waals surface area contributed by atoms with Crippen molar-refractivity contribution in [3.8, 4) is 0 Å². The van der Waals surface area contributed by atoms with Crippen LogP contribution >= 0.6 is 11.3 Å². The lowest BCUT2D eigenvalue weighted by Gasteiger charge is -2.03. The van der Waals surface area contributed by atoms with Gasteiger partial charge in [-0.25, -0.2) is 4.98 Å². The largest absolute Gasteiger partial charge is 0.457 e. The average Bonchev–Trinajstić information content (AvgIpc) is 2.89. The Balaban J connectivity index is 1.74. The van der Waals surface area contributed by atoms with Crippen LogP contribution in [-0.4, -0.2) is 15.9 Å². The van der Waals surface area contributed by atoms with Crippen LogP contribution in [0.25, 0.3) is 10.2 Å². The zero-order valence-electron chi connectivity index (χ0n) is 9.80. The Morgan fingerprint density at radius 2 is 2.44 bits per heavy atom. The highest BCUT2D eigenvalue weighted by Crippen LogP contribution is 2.38. The molecule has 1 aliphatic carbocycles. The fourth-order valence-electron chi connectivity index (χ4n) is 1.89. The van der Waals surface area contributed by atoms with Crippen molar-refractivity contribution in [3.05, 3.63) is 27.6 Å². The number of fused-ring (bicyclic) bond motifs is 1. The first-order valence-corrected chi connectivity index (χ1v) is 6.66. The second-order valence-corrected chi connectivity index (χ2v) is 5.49.